The van der Waals surface area contributed by atoms with Gasteiger partial charge in [0.15, 0.2) is 0 Å². The highest BCUT2D eigenvalue weighted by Gasteiger charge is 2.12. The van der Waals surface area contributed by atoms with Gasteiger partial charge in [-0.05, 0) is 28.8 Å². The molecule has 0 heterocycles. The monoisotopic (exact) mass is 370 g/mol. The number of amides is 2. The highest BCUT2D eigenvalue weighted by atomic mass is 16.2. The van der Waals surface area contributed by atoms with Crippen molar-refractivity contribution in [2.45, 2.75) is 6.42 Å². The van der Waals surface area contributed by atoms with Crippen LogP contribution in [0, 0.1) is 0 Å². The van der Waals surface area contributed by atoms with Gasteiger partial charge in [-0.2, -0.15) is 0 Å². The van der Waals surface area contributed by atoms with Gasteiger partial charge in [-0.1, -0.05) is 72.8 Å². The van der Waals surface area contributed by atoms with Gasteiger partial charge in [0.1, 0.15) is 0 Å². The predicted octanol–water partition coefficient (Wildman–Crippen LogP) is 4.45. The molecule has 2 N–H and O–H groups in total. The molecule has 0 atom stereocenters. The molecule has 3 rings (SSSR count). The van der Waals surface area contributed by atoms with Crippen LogP contribution in [0.5, 0.6) is 0 Å². The van der Waals surface area contributed by atoms with Crippen molar-refractivity contribution in [3.8, 4) is 11.1 Å². The van der Waals surface area contributed by atoms with Gasteiger partial charge in [-0.3, -0.25) is 9.59 Å². The molecular weight excluding hydrogens is 348 g/mol. The molecule has 2 amide bonds. The van der Waals surface area contributed by atoms with Crippen molar-refractivity contribution in [2.24, 2.45) is 0 Å². The number of carbonyl (C=O) groups excluding carboxylic acids is 2. The van der Waals surface area contributed by atoms with Crippen LogP contribution >= 0.6 is 0 Å². The van der Waals surface area contributed by atoms with E-state index in [1.165, 1.54) is 0 Å². The van der Waals surface area contributed by atoms with Crippen molar-refractivity contribution in [2.75, 3.05) is 11.9 Å². The van der Waals surface area contributed by atoms with E-state index in [1.54, 1.807) is 30.3 Å². The average Bonchev–Trinajstić information content (AvgIpc) is 2.73. The zero-order valence-corrected chi connectivity index (χ0v) is 15.5. The molecule has 0 aromatic heterocycles. The van der Waals surface area contributed by atoms with E-state index in [1.807, 2.05) is 42.5 Å². The van der Waals surface area contributed by atoms with Crippen molar-refractivity contribution in [1.29, 1.82) is 0 Å². The standard InChI is InChI=1S/C24H22N2O2/c1-2-16-25-24(28)21-10-6-7-11-22(21)26-23(27)17-18-12-14-20(15-13-18)19-8-4-3-5-9-19/h2-15H,1,16-17H2,(H,25,28)(H,26,27). The molecule has 28 heavy (non-hydrogen) atoms. The van der Waals surface area contributed by atoms with Crippen LogP contribution in [-0.2, 0) is 11.2 Å². The third-order valence-corrected chi connectivity index (χ3v) is 4.28. The van der Waals surface area contributed by atoms with Gasteiger partial charge in [0.25, 0.3) is 5.91 Å². The first-order valence-corrected chi connectivity index (χ1v) is 9.09. The Hall–Kier alpha value is -3.66. The van der Waals surface area contributed by atoms with Crippen molar-refractivity contribution in [3.05, 3.63) is 103 Å². The minimum absolute atomic E-state index is 0.170. The first kappa shape index (κ1) is 19.1. The Morgan fingerprint density at radius 3 is 2.18 bits per heavy atom. The van der Waals surface area contributed by atoms with Gasteiger partial charge < -0.3 is 10.6 Å². The quantitative estimate of drug-likeness (QED) is 0.604. The van der Waals surface area contributed by atoms with Crippen LogP contribution < -0.4 is 10.6 Å². The highest BCUT2D eigenvalue weighted by Crippen LogP contribution is 2.20. The summed E-state index contributed by atoms with van der Waals surface area (Å²) in [5.41, 5.74) is 4.07. The summed E-state index contributed by atoms with van der Waals surface area (Å²) < 4.78 is 0. The molecule has 0 fully saturated rings. The summed E-state index contributed by atoms with van der Waals surface area (Å²) in [7, 11) is 0. The molecule has 0 spiro atoms. The molecule has 3 aromatic carbocycles. The van der Waals surface area contributed by atoms with E-state index in [2.05, 4.69) is 29.3 Å². The second-order valence-electron chi connectivity index (χ2n) is 6.33. The Morgan fingerprint density at radius 1 is 0.821 bits per heavy atom. The number of carbonyl (C=O) groups is 2. The molecule has 0 aliphatic heterocycles. The molecule has 0 aliphatic carbocycles. The van der Waals surface area contributed by atoms with Crippen molar-refractivity contribution in [1.82, 2.24) is 5.32 Å². The lowest BCUT2D eigenvalue weighted by Crippen LogP contribution is -2.25. The summed E-state index contributed by atoms with van der Waals surface area (Å²) >= 11 is 0. The zero-order chi connectivity index (χ0) is 19.8. The number of para-hydroxylation sites is 1. The Labute approximate surface area is 164 Å². The second-order valence-corrected chi connectivity index (χ2v) is 6.33. The van der Waals surface area contributed by atoms with Crippen LogP contribution in [-0.4, -0.2) is 18.4 Å². The summed E-state index contributed by atoms with van der Waals surface area (Å²) in [6.45, 7) is 3.95. The highest BCUT2D eigenvalue weighted by molar-refractivity contribution is 6.04. The smallest absolute Gasteiger partial charge is 0.253 e. The van der Waals surface area contributed by atoms with Gasteiger partial charge in [0.2, 0.25) is 5.91 Å². The number of benzene rings is 3. The SMILES string of the molecule is C=CCNC(=O)c1ccccc1NC(=O)Cc1ccc(-c2ccccc2)cc1. The largest absolute Gasteiger partial charge is 0.349 e. The fraction of sp³-hybridized carbons (Fsp3) is 0.0833. The van der Waals surface area contributed by atoms with Crippen LogP contribution in [0.4, 0.5) is 5.69 Å². The molecule has 0 aliphatic rings. The lowest BCUT2D eigenvalue weighted by molar-refractivity contribution is -0.115. The van der Waals surface area contributed by atoms with Crippen molar-refractivity contribution >= 4 is 17.5 Å². The fourth-order valence-electron chi connectivity index (χ4n) is 2.88. The molecule has 0 saturated heterocycles. The molecule has 0 bridgehead atoms. The molecule has 0 unspecified atom stereocenters. The lowest BCUT2D eigenvalue weighted by Gasteiger charge is -2.11. The predicted molar refractivity (Wildman–Crippen MR) is 113 cm³/mol. The summed E-state index contributed by atoms with van der Waals surface area (Å²) in [5, 5.41) is 5.56. The number of anilines is 1. The Bertz CT molecular complexity index is 963. The van der Waals surface area contributed by atoms with Crippen LogP contribution in [0.2, 0.25) is 0 Å². The molecular formula is C24H22N2O2. The van der Waals surface area contributed by atoms with E-state index in [-0.39, 0.29) is 18.2 Å². The summed E-state index contributed by atoms with van der Waals surface area (Å²) in [6, 6.07) is 25.0. The summed E-state index contributed by atoms with van der Waals surface area (Å²) in [5.74, 6) is -0.417. The summed E-state index contributed by atoms with van der Waals surface area (Å²) in [6.07, 6.45) is 1.84. The van der Waals surface area contributed by atoms with Gasteiger partial charge in [-0.15, -0.1) is 6.58 Å². The third-order valence-electron chi connectivity index (χ3n) is 4.28. The lowest BCUT2D eigenvalue weighted by atomic mass is 10.0. The van der Waals surface area contributed by atoms with Crippen molar-refractivity contribution < 1.29 is 9.59 Å². The van der Waals surface area contributed by atoms with Crippen LogP contribution in [0.3, 0.4) is 0 Å². The maximum atomic E-state index is 12.5. The first-order chi connectivity index (χ1) is 13.7. The number of rotatable bonds is 7. The fourth-order valence-corrected chi connectivity index (χ4v) is 2.88. The van der Waals surface area contributed by atoms with E-state index >= 15 is 0 Å². The molecule has 0 saturated carbocycles. The van der Waals surface area contributed by atoms with E-state index in [9.17, 15) is 9.59 Å². The maximum absolute atomic E-state index is 12.5. The zero-order valence-electron chi connectivity index (χ0n) is 15.5. The van der Waals surface area contributed by atoms with Gasteiger partial charge in [0, 0.05) is 6.54 Å². The molecule has 4 nitrogen and oxygen atoms in total. The van der Waals surface area contributed by atoms with Gasteiger partial charge in [0.05, 0.1) is 17.7 Å². The van der Waals surface area contributed by atoms with E-state index in [4.69, 9.17) is 0 Å². The number of hydrogen-bond donors (Lipinski definition) is 2. The van der Waals surface area contributed by atoms with E-state index in [0.717, 1.165) is 16.7 Å². The number of hydrogen-bond acceptors (Lipinski definition) is 2. The van der Waals surface area contributed by atoms with E-state index in [0.29, 0.717) is 17.8 Å². The van der Waals surface area contributed by atoms with Crippen LogP contribution in [0.15, 0.2) is 91.5 Å². The minimum atomic E-state index is -0.247. The topological polar surface area (TPSA) is 58.2 Å². The Morgan fingerprint density at radius 2 is 1.46 bits per heavy atom. The maximum Gasteiger partial charge on any atom is 0.253 e. The van der Waals surface area contributed by atoms with Crippen LogP contribution in [0.25, 0.3) is 11.1 Å². The molecule has 4 heteroatoms. The normalized spacial score (nSPS) is 10.1. The van der Waals surface area contributed by atoms with Gasteiger partial charge >= 0.3 is 0 Å². The van der Waals surface area contributed by atoms with Gasteiger partial charge in [-0.25, -0.2) is 0 Å². The Kier molecular flexibility index (Phi) is 6.37. The average molecular weight is 370 g/mol. The second kappa shape index (κ2) is 9.33. The summed E-state index contributed by atoms with van der Waals surface area (Å²) in [4.78, 5) is 24.7. The van der Waals surface area contributed by atoms with E-state index < -0.39 is 0 Å². The molecule has 0 radical (unpaired) electrons. The minimum Gasteiger partial charge on any atom is -0.349 e. The Balaban J connectivity index is 1.66. The number of nitrogens with one attached hydrogen (secondary N) is 2. The molecule has 3 aromatic rings. The first-order valence-electron chi connectivity index (χ1n) is 9.09. The molecule has 140 valence electrons. The van der Waals surface area contributed by atoms with Crippen LogP contribution in [0.1, 0.15) is 15.9 Å². The third kappa shape index (κ3) is 4.95. The van der Waals surface area contributed by atoms with Crippen molar-refractivity contribution in [3.63, 3.8) is 0 Å².